The third-order valence-electron chi connectivity index (χ3n) is 3.27. The summed E-state index contributed by atoms with van der Waals surface area (Å²) in [4.78, 5) is 20.7. The van der Waals surface area contributed by atoms with Gasteiger partial charge in [0.2, 0.25) is 0 Å². The van der Waals surface area contributed by atoms with E-state index in [1.807, 2.05) is 26.8 Å². The first kappa shape index (κ1) is 14.2. The van der Waals surface area contributed by atoms with Gasteiger partial charge in [-0.3, -0.25) is 14.8 Å². The van der Waals surface area contributed by atoms with E-state index in [9.17, 15) is 4.79 Å². The first-order valence-corrected chi connectivity index (χ1v) is 6.47. The predicted molar refractivity (Wildman–Crippen MR) is 77.3 cm³/mol. The number of hydrogen-bond acceptors (Lipinski definition) is 4. The Labute approximate surface area is 118 Å². The first-order chi connectivity index (χ1) is 9.52. The van der Waals surface area contributed by atoms with Crippen molar-refractivity contribution in [2.45, 2.75) is 27.2 Å². The van der Waals surface area contributed by atoms with Crippen LogP contribution in [0.2, 0.25) is 0 Å². The van der Waals surface area contributed by atoms with E-state index in [4.69, 9.17) is 4.74 Å². The molecule has 0 aromatic carbocycles. The summed E-state index contributed by atoms with van der Waals surface area (Å²) >= 11 is 0. The standard InChI is InChI=1S/C16H18N2O2/c1-10-5-13(9-17-7-10)15(19)6-14-12(3)16(20-4)11(2)8-18-14/h5,7-9H,6H2,1-4H3. The summed E-state index contributed by atoms with van der Waals surface area (Å²) in [6, 6.07) is 1.84. The molecule has 0 atom stereocenters. The van der Waals surface area contributed by atoms with Crippen LogP contribution in [0.4, 0.5) is 0 Å². The van der Waals surface area contributed by atoms with Gasteiger partial charge in [-0.05, 0) is 32.4 Å². The number of nitrogens with zero attached hydrogens (tertiary/aromatic N) is 2. The third kappa shape index (κ3) is 2.85. The zero-order valence-corrected chi connectivity index (χ0v) is 12.2. The van der Waals surface area contributed by atoms with E-state index in [0.717, 1.165) is 28.1 Å². The summed E-state index contributed by atoms with van der Waals surface area (Å²) in [6.45, 7) is 5.78. The largest absolute Gasteiger partial charge is 0.496 e. The van der Waals surface area contributed by atoms with Crippen molar-refractivity contribution < 1.29 is 9.53 Å². The van der Waals surface area contributed by atoms with E-state index in [2.05, 4.69) is 9.97 Å². The minimum Gasteiger partial charge on any atom is -0.496 e. The highest BCUT2D eigenvalue weighted by Crippen LogP contribution is 2.24. The van der Waals surface area contributed by atoms with Gasteiger partial charge in [0.05, 0.1) is 19.2 Å². The van der Waals surface area contributed by atoms with E-state index in [1.165, 1.54) is 0 Å². The summed E-state index contributed by atoms with van der Waals surface area (Å²) in [5.74, 6) is 0.813. The van der Waals surface area contributed by atoms with Crippen LogP contribution in [0.3, 0.4) is 0 Å². The van der Waals surface area contributed by atoms with Crippen LogP contribution in [0.15, 0.2) is 24.7 Å². The van der Waals surface area contributed by atoms with Crippen LogP contribution in [-0.4, -0.2) is 22.9 Å². The van der Waals surface area contributed by atoms with E-state index < -0.39 is 0 Å². The van der Waals surface area contributed by atoms with Crippen molar-refractivity contribution >= 4 is 5.78 Å². The van der Waals surface area contributed by atoms with Gasteiger partial charge in [0.15, 0.2) is 5.78 Å². The molecule has 0 fully saturated rings. The molecule has 2 heterocycles. The van der Waals surface area contributed by atoms with Gasteiger partial charge in [-0.2, -0.15) is 0 Å². The van der Waals surface area contributed by atoms with Crippen molar-refractivity contribution in [3.63, 3.8) is 0 Å². The molecule has 4 heteroatoms. The number of pyridine rings is 2. The zero-order valence-electron chi connectivity index (χ0n) is 12.2. The molecule has 4 nitrogen and oxygen atoms in total. The van der Waals surface area contributed by atoms with Gasteiger partial charge in [0.25, 0.3) is 0 Å². The van der Waals surface area contributed by atoms with Crippen molar-refractivity contribution in [3.8, 4) is 5.75 Å². The molecule has 0 spiro atoms. The number of aromatic nitrogens is 2. The number of rotatable bonds is 4. The van der Waals surface area contributed by atoms with E-state index in [1.54, 1.807) is 25.7 Å². The highest BCUT2D eigenvalue weighted by molar-refractivity contribution is 5.97. The smallest absolute Gasteiger partial charge is 0.170 e. The van der Waals surface area contributed by atoms with Crippen molar-refractivity contribution in [1.82, 2.24) is 9.97 Å². The second-order valence-corrected chi connectivity index (χ2v) is 4.90. The maximum atomic E-state index is 12.3. The maximum absolute atomic E-state index is 12.3. The molecular weight excluding hydrogens is 252 g/mol. The number of aryl methyl sites for hydroxylation is 2. The Morgan fingerprint density at radius 2 is 1.95 bits per heavy atom. The molecule has 0 N–H and O–H groups in total. The van der Waals surface area contributed by atoms with Gasteiger partial charge in [-0.15, -0.1) is 0 Å². The highest BCUT2D eigenvalue weighted by atomic mass is 16.5. The number of hydrogen-bond donors (Lipinski definition) is 0. The minimum atomic E-state index is 0.0164. The van der Waals surface area contributed by atoms with Crippen LogP contribution in [0.25, 0.3) is 0 Å². The molecule has 0 amide bonds. The molecule has 2 aromatic heterocycles. The van der Waals surface area contributed by atoms with Crippen LogP contribution in [0, 0.1) is 20.8 Å². The summed E-state index contributed by atoms with van der Waals surface area (Å²) in [7, 11) is 1.63. The summed E-state index contributed by atoms with van der Waals surface area (Å²) in [5, 5.41) is 0. The summed E-state index contributed by atoms with van der Waals surface area (Å²) < 4.78 is 5.36. The predicted octanol–water partition coefficient (Wildman–Crippen LogP) is 2.84. The number of ether oxygens (including phenoxy) is 1. The van der Waals surface area contributed by atoms with Gasteiger partial charge in [0, 0.05) is 35.3 Å². The van der Waals surface area contributed by atoms with Crippen molar-refractivity contribution in [1.29, 1.82) is 0 Å². The van der Waals surface area contributed by atoms with Gasteiger partial charge < -0.3 is 4.74 Å². The quantitative estimate of drug-likeness (QED) is 0.802. The molecule has 0 aliphatic carbocycles. The molecule has 0 aliphatic heterocycles. The second kappa shape index (κ2) is 5.82. The lowest BCUT2D eigenvalue weighted by atomic mass is 10.0. The average Bonchev–Trinajstić information content (AvgIpc) is 2.42. The second-order valence-electron chi connectivity index (χ2n) is 4.90. The van der Waals surface area contributed by atoms with Crippen LogP contribution in [0.5, 0.6) is 5.75 Å². The molecule has 0 radical (unpaired) electrons. The average molecular weight is 270 g/mol. The molecule has 2 rings (SSSR count). The van der Waals surface area contributed by atoms with Gasteiger partial charge in [-0.25, -0.2) is 0 Å². The molecule has 0 saturated carbocycles. The molecule has 0 saturated heterocycles. The number of carbonyl (C=O) groups excluding carboxylic acids is 1. The fourth-order valence-electron chi connectivity index (χ4n) is 2.21. The number of ketones is 1. The Bertz CT molecular complexity index is 651. The lowest BCUT2D eigenvalue weighted by Crippen LogP contribution is -2.08. The molecule has 0 bridgehead atoms. The fraction of sp³-hybridized carbons (Fsp3) is 0.312. The van der Waals surface area contributed by atoms with Crippen LogP contribution in [-0.2, 0) is 6.42 Å². The Hall–Kier alpha value is -2.23. The lowest BCUT2D eigenvalue weighted by Gasteiger charge is -2.11. The van der Waals surface area contributed by atoms with Gasteiger partial charge >= 0.3 is 0 Å². The summed E-state index contributed by atoms with van der Waals surface area (Å²) in [6.07, 6.45) is 5.32. The zero-order chi connectivity index (χ0) is 14.7. The summed E-state index contributed by atoms with van der Waals surface area (Å²) in [5.41, 5.74) is 4.23. The molecule has 0 aliphatic rings. The van der Waals surface area contributed by atoms with Gasteiger partial charge in [0.1, 0.15) is 5.75 Å². The normalized spacial score (nSPS) is 10.4. The molecule has 2 aromatic rings. The van der Waals surface area contributed by atoms with Crippen LogP contribution < -0.4 is 4.74 Å². The molecule has 0 unspecified atom stereocenters. The minimum absolute atomic E-state index is 0.0164. The number of carbonyl (C=O) groups is 1. The Morgan fingerprint density at radius 3 is 2.60 bits per heavy atom. The van der Waals surface area contributed by atoms with Crippen LogP contribution in [0.1, 0.15) is 32.7 Å². The fourth-order valence-corrected chi connectivity index (χ4v) is 2.21. The van der Waals surface area contributed by atoms with E-state index in [-0.39, 0.29) is 12.2 Å². The van der Waals surface area contributed by atoms with Crippen molar-refractivity contribution in [2.24, 2.45) is 0 Å². The lowest BCUT2D eigenvalue weighted by molar-refractivity contribution is 0.0991. The topological polar surface area (TPSA) is 52.1 Å². The Morgan fingerprint density at radius 1 is 1.20 bits per heavy atom. The molecule has 20 heavy (non-hydrogen) atoms. The van der Waals surface area contributed by atoms with E-state index in [0.29, 0.717) is 5.56 Å². The monoisotopic (exact) mass is 270 g/mol. The Kier molecular flexibility index (Phi) is 4.13. The van der Waals surface area contributed by atoms with Gasteiger partial charge in [-0.1, -0.05) is 0 Å². The maximum Gasteiger partial charge on any atom is 0.170 e. The SMILES string of the molecule is COc1c(C)cnc(CC(=O)c2cncc(C)c2)c1C. The molecular formula is C16H18N2O2. The van der Waals surface area contributed by atoms with Crippen molar-refractivity contribution in [2.75, 3.05) is 7.11 Å². The highest BCUT2D eigenvalue weighted by Gasteiger charge is 2.14. The van der Waals surface area contributed by atoms with Crippen molar-refractivity contribution in [3.05, 3.63) is 52.6 Å². The van der Waals surface area contributed by atoms with Crippen LogP contribution >= 0.6 is 0 Å². The Balaban J connectivity index is 2.29. The first-order valence-electron chi connectivity index (χ1n) is 6.47. The third-order valence-corrected chi connectivity index (χ3v) is 3.27. The molecule has 104 valence electrons. The number of Topliss-reactive ketones (excluding diaryl/α,β-unsaturated/α-hetero) is 1. The van der Waals surface area contributed by atoms with E-state index >= 15 is 0 Å². The number of methoxy groups -OCH3 is 1.